The van der Waals surface area contributed by atoms with Crippen LogP contribution in [0.3, 0.4) is 0 Å². The van der Waals surface area contributed by atoms with Crippen molar-refractivity contribution in [3.05, 3.63) is 0 Å². The van der Waals surface area contributed by atoms with Crippen molar-refractivity contribution in [1.82, 2.24) is 15.1 Å². The van der Waals surface area contributed by atoms with E-state index in [9.17, 15) is 4.79 Å². The third kappa shape index (κ3) is 3.32. The minimum absolute atomic E-state index is 0.231. The average Bonchev–Trinajstić information content (AvgIpc) is 2.15. The van der Waals surface area contributed by atoms with Gasteiger partial charge >= 0.3 is 0 Å². The Kier molecular flexibility index (Phi) is 4.18. The summed E-state index contributed by atoms with van der Waals surface area (Å²) >= 11 is 0. The Bertz CT molecular complexity index is 164. The van der Waals surface area contributed by atoms with Crippen LogP contribution in [0.15, 0.2) is 0 Å². The van der Waals surface area contributed by atoms with Crippen molar-refractivity contribution in [2.75, 3.05) is 46.3 Å². The number of amides is 1. The molecule has 0 aromatic carbocycles. The molecule has 13 heavy (non-hydrogen) atoms. The minimum Gasteiger partial charge on any atom is -0.339 e. The molecule has 1 aliphatic rings. The fraction of sp³-hybridized carbons (Fsp3) is 0.889. The lowest BCUT2D eigenvalue weighted by atomic mass is 10.3. The predicted molar refractivity (Wildman–Crippen MR) is 52.6 cm³/mol. The quantitative estimate of drug-likeness (QED) is 0.636. The van der Waals surface area contributed by atoms with Gasteiger partial charge in [0.25, 0.3) is 0 Å². The zero-order valence-corrected chi connectivity index (χ0v) is 8.55. The number of likely N-dealkylation sites (N-methyl/N-ethyl adjacent to an activating group) is 2. The molecule has 4 heteroatoms. The third-order valence-corrected chi connectivity index (χ3v) is 2.38. The normalized spacial score (nSPS) is 19.1. The standard InChI is InChI=1S/C9H19N3O/c1-3-10-8-9(13)12-6-4-11(2)5-7-12/h10H,3-8H2,1-2H3. The molecule has 1 amide bonds. The van der Waals surface area contributed by atoms with Gasteiger partial charge in [-0.15, -0.1) is 0 Å². The predicted octanol–water partition coefficient (Wildman–Crippen LogP) is -0.630. The van der Waals surface area contributed by atoms with Crippen LogP contribution in [0.25, 0.3) is 0 Å². The van der Waals surface area contributed by atoms with E-state index in [1.165, 1.54) is 0 Å². The van der Waals surface area contributed by atoms with Gasteiger partial charge in [0.1, 0.15) is 0 Å². The van der Waals surface area contributed by atoms with Crippen LogP contribution in [-0.2, 0) is 4.79 Å². The van der Waals surface area contributed by atoms with Crippen LogP contribution in [-0.4, -0.2) is 62.0 Å². The second kappa shape index (κ2) is 5.19. The van der Waals surface area contributed by atoms with Crippen LogP contribution in [0, 0.1) is 0 Å². The van der Waals surface area contributed by atoms with Gasteiger partial charge in [-0.05, 0) is 13.6 Å². The van der Waals surface area contributed by atoms with Crippen LogP contribution >= 0.6 is 0 Å². The van der Waals surface area contributed by atoms with Gasteiger partial charge in [-0.3, -0.25) is 4.79 Å². The molecule has 1 N–H and O–H groups in total. The van der Waals surface area contributed by atoms with Gasteiger partial charge < -0.3 is 15.1 Å². The molecule has 0 atom stereocenters. The second-order valence-corrected chi connectivity index (χ2v) is 3.46. The van der Waals surface area contributed by atoms with Gasteiger partial charge in [0, 0.05) is 26.2 Å². The van der Waals surface area contributed by atoms with E-state index in [1.807, 2.05) is 11.8 Å². The van der Waals surface area contributed by atoms with Crippen molar-refractivity contribution in [2.45, 2.75) is 6.92 Å². The monoisotopic (exact) mass is 185 g/mol. The van der Waals surface area contributed by atoms with E-state index in [-0.39, 0.29) is 5.91 Å². The zero-order valence-electron chi connectivity index (χ0n) is 8.55. The van der Waals surface area contributed by atoms with E-state index in [2.05, 4.69) is 17.3 Å². The highest BCUT2D eigenvalue weighted by Gasteiger charge is 2.17. The Hall–Kier alpha value is -0.610. The summed E-state index contributed by atoms with van der Waals surface area (Å²) in [4.78, 5) is 15.7. The van der Waals surface area contributed by atoms with E-state index < -0.39 is 0 Å². The van der Waals surface area contributed by atoms with Gasteiger partial charge in [-0.2, -0.15) is 0 Å². The molecule has 0 aliphatic carbocycles. The molecule has 1 heterocycles. The first-order chi connectivity index (χ1) is 6.24. The highest BCUT2D eigenvalue weighted by Crippen LogP contribution is 1.98. The van der Waals surface area contributed by atoms with Crippen LogP contribution in [0.1, 0.15) is 6.92 Å². The molecule has 4 nitrogen and oxygen atoms in total. The molecular formula is C9H19N3O. The Balaban J connectivity index is 2.23. The summed E-state index contributed by atoms with van der Waals surface area (Å²) in [6.07, 6.45) is 0. The number of nitrogens with zero attached hydrogens (tertiary/aromatic N) is 2. The van der Waals surface area contributed by atoms with E-state index >= 15 is 0 Å². The Labute approximate surface area is 79.9 Å². The summed E-state index contributed by atoms with van der Waals surface area (Å²) in [6, 6.07) is 0. The zero-order chi connectivity index (χ0) is 9.68. The first-order valence-electron chi connectivity index (χ1n) is 4.91. The van der Waals surface area contributed by atoms with Crippen molar-refractivity contribution in [1.29, 1.82) is 0 Å². The van der Waals surface area contributed by atoms with Crippen molar-refractivity contribution in [2.24, 2.45) is 0 Å². The molecule has 0 spiro atoms. The number of hydrogen-bond acceptors (Lipinski definition) is 3. The minimum atomic E-state index is 0.231. The average molecular weight is 185 g/mol. The Morgan fingerprint density at radius 1 is 1.31 bits per heavy atom. The molecule has 76 valence electrons. The fourth-order valence-corrected chi connectivity index (χ4v) is 1.40. The summed E-state index contributed by atoms with van der Waals surface area (Å²) in [5.74, 6) is 0.231. The van der Waals surface area contributed by atoms with Gasteiger partial charge in [0.05, 0.1) is 6.54 Å². The topological polar surface area (TPSA) is 35.6 Å². The van der Waals surface area contributed by atoms with Crippen LogP contribution in [0.4, 0.5) is 0 Å². The largest absolute Gasteiger partial charge is 0.339 e. The number of piperazine rings is 1. The molecular weight excluding hydrogens is 166 g/mol. The molecule has 1 aliphatic heterocycles. The first-order valence-corrected chi connectivity index (χ1v) is 4.91. The van der Waals surface area contributed by atoms with E-state index in [0.29, 0.717) is 6.54 Å². The summed E-state index contributed by atoms with van der Waals surface area (Å²) in [5, 5.41) is 3.05. The number of rotatable bonds is 3. The lowest BCUT2D eigenvalue weighted by molar-refractivity contribution is -0.131. The molecule has 0 saturated carbocycles. The lowest BCUT2D eigenvalue weighted by Gasteiger charge is -2.32. The van der Waals surface area contributed by atoms with Crippen LogP contribution in [0.5, 0.6) is 0 Å². The Morgan fingerprint density at radius 2 is 1.92 bits per heavy atom. The van der Waals surface area contributed by atoms with Gasteiger partial charge in [-0.1, -0.05) is 6.92 Å². The first kappa shape index (κ1) is 10.5. The van der Waals surface area contributed by atoms with Gasteiger partial charge in [0.15, 0.2) is 0 Å². The fourth-order valence-electron chi connectivity index (χ4n) is 1.40. The molecule has 0 radical (unpaired) electrons. The molecule has 0 unspecified atom stereocenters. The second-order valence-electron chi connectivity index (χ2n) is 3.46. The highest BCUT2D eigenvalue weighted by molar-refractivity contribution is 5.78. The van der Waals surface area contributed by atoms with E-state index in [0.717, 1.165) is 32.7 Å². The SMILES string of the molecule is CCNCC(=O)N1CCN(C)CC1. The van der Waals surface area contributed by atoms with Crippen LogP contribution < -0.4 is 5.32 Å². The van der Waals surface area contributed by atoms with Crippen molar-refractivity contribution in [3.63, 3.8) is 0 Å². The maximum absolute atomic E-state index is 11.5. The van der Waals surface area contributed by atoms with Crippen molar-refractivity contribution < 1.29 is 4.79 Å². The van der Waals surface area contributed by atoms with E-state index in [1.54, 1.807) is 0 Å². The van der Waals surface area contributed by atoms with Gasteiger partial charge in [-0.25, -0.2) is 0 Å². The highest BCUT2D eigenvalue weighted by atomic mass is 16.2. The van der Waals surface area contributed by atoms with Crippen molar-refractivity contribution in [3.8, 4) is 0 Å². The van der Waals surface area contributed by atoms with Crippen LogP contribution in [0.2, 0.25) is 0 Å². The maximum atomic E-state index is 11.5. The summed E-state index contributed by atoms with van der Waals surface area (Å²) in [7, 11) is 2.09. The smallest absolute Gasteiger partial charge is 0.236 e. The lowest BCUT2D eigenvalue weighted by Crippen LogP contribution is -2.49. The molecule has 1 saturated heterocycles. The molecule has 0 bridgehead atoms. The summed E-state index contributed by atoms with van der Waals surface area (Å²) < 4.78 is 0. The van der Waals surface area contributed by atoms with E-state index in [4.69, 9.17) is 0 Å². The third-order valence-electron chi connectivity index (χ3n) is 2.38. The van der Waals surface area contributed by atoms with Gasteiger partial charge in [0.2, 0.25) is 5.91 Å². The number of carbonyl (C=O) groups is 1. The van der Waals surface area contributed by atoms with Crippen molar-refractivity contribution >= 4 is 5.91 Å². The summed E-state index contributed by atoms with van der Waals surface area (Å²) in [5.41, 5.74) is 0. The molecule has 1 fully saturated rings. The maximum Gasteiger partial charge on any atom is 0.236 e. The molecule has 0 aromatic heterocycles. The Morgan fingerprint density at radius 3 is 2.46 bits per heavy atom. The number of hydrogen-bond donors (Lipinski definition) is 1. The number of nitrogens with one attached hydrogen (secondary N) is 1. The molecule has 0 aromatic rings. The number of carbonyl (C=O) groups excluding carboxylic acids is 1. The summed E-state index contributed by atoms with van der Waals surface area (Å²) in [6.45, 7) is 7.11. The molecule has 1 rings (SSSR count).